The zero-order valence-electron chi connectivity index (χ0n) is 18.3. The summed E-state index contributed by atoms with van der Waals surface area (Å²) in [5.74, 6) is -0.583. The topological polar surface area (TPSA) is 92.7 Å². The lowest BCUT2D eigenvalue weighted by atomic mass is 9.58. The Morgan fingerprint density at radius 3 is 2.74 bits per heavy atom. The molecule has 0 radical (unpaired) electrons. The Hall–Kier alpha value is -1.87. The first-order valence-electron chi connectivity index (χ1n) is 11.1. The molecule has 31 heavy (non-hydrogen) atoms. The number of methoxy groups -OCH3 is 1. The van der Waals surface area contributed by atoms with Crippen LogP contribution in [-0.4, -0.2) is 42.2 Å². The number of hydrogen-bond acceptors (Lipinski definition) is 8. The molecule has 5 fully saturated rings. The minimum absolute atomic E-state index is 0.0427. The highest BCUT2D eigenvalue weighted by Gasteiger charge is 2.69. The van der Waals surface area contributed by atoms with Gasteiger partial charge in [-0.2, -0.15) is 0 Å². The van der Waals surface area contributed by atoms with Crippen LogP contribution < -0.4 is 4.74 Å². The fraction of sp³-hybridized carbons (Fsp3) is 0.696. The van der Waals surface area contributed by atoms with Crippen LogP contribution in [0.3, 0.4) is 0 Å². The quantitative estimate of drug-likeness (QED) is 0.568. The molecule has 8 atom stereocenters. The van der Waals surface area contributed by atoms with Crippen LogP contribution in [-0.2, 0) is 24.0 Å². The first-order valence-corrected chi connectivity index (χ1v) is 11.1. The van der Waals surface area contributed by atoms with E-state index in [-0.39, 0.29) is 34.8 Å². The normalized spacial score (nSPS) is 43.6. The Bertz CT molecular complexity index is 873. The number of carbonyl (C=O) groups is 1. The maximum atomic E-state index is 12.9. The van der Waals surface area contributed by atoms with Gasteiger partial charge < -0.3 is 24.1 Å². The van der Waals surface area contributed by atoms with Gasteiger partial charge in [-0.25, -0.2) is 14.6 Å². The molecule has 1 aromatic rings. The van der Waals surface area contributed by atoms with E-state index in [0.717, 1.165) is 25.7 Å². The highest BCUT2D eigenvalue weighted by molar-refractivity contribution is 5.90. The molecule has 4 saturated heterocycles. The Morgan fingerprint density at radius 1 is 1.16 bits per heavy atom. The van der Waals surface area contributed by atoms with Crippen LogP contribution in [0.1, 0.15) is 56.8 Å². The molecule has 4 heterocycles. The van der Waals surface area contributed by atoms with Crippen molar-refractivity contribution in [2.75, 3.05) is 7.11 Å². The Labute approximate surface area is 181 Å². The molecule has 6 rings (SSSR count). The summed E-state index contributed by atoms with van der Waals surface area (Å²) >= 11 is 0. The summed E-state index contributed by atoms with van der Waals surface area (Å²) in [6, 6.07) is 4.35. The monoisotopic (exact) mass is 434 g/mol. The number of rotatable bonds is 3. The SMILES string of the molecule is COc1cc(C(=O)O[C@H]2O[C@@H]3O[C@@]4(C)CC[C@H]5[C@H](C)CC[C@@H]([C@H]2C)[C@@]35OO4)ccc1O. The Balaban J connectivity index is 1.43. The summed E-state index contributed by atoms with van der Waals surface area (Å²) in [5, 5.41) is 9.80. The summed E-state index contributed by atoms with van der Waals surface area (Å²) < 4.78 is 23.5. The lowest BCUT2D eigenvalue weighted by Gasteiger charge is -2.59. The van der Waals surface area contributed by atoms with Gasteiger partial charge in [0.25, 0.3) is 0 Å². The molecule has 4 aliphatic heterocycles. The van der Waals surface area contributed by atoms with Gasteiger partial charge in [-0.15, -0.1) is 0 Å². The second-order valence-electron chi connectivity index (χ2n) is 9.57. The molecule has 1 spiro atoms. The van der Waals surface area contributed by atoms with E-state index in [1.807, 2.05) is 13.8 Å². The van der Waals surface area contributed by atoms with Crippen LogP contribution in [0.15, 0.2) is 18.2 Å². The van der Waals surface area contributed by atoms with Crippen LogP contribution in [0.2, 0.25) is 0 Å². The maximum absolute atomic E-state index is 12.9. The van der Waals surface area contributed by atoms with Crippen molar-refractivity contribution in [2.45, 2.75) is 70.4 Å². The number of esters is 1. The number of aromatic hydroxyl groups is 1. The molecule has 0 amide bonds. The van der Waals surface area contributed by atoms with Crippen molar-refractivity contribution in [3.8, 4) is 11.5 Å². The third-order valence-corrected chi connectivity index (χ3v) is 7.74. The second-order valence-corrected chi connectivity index (χ2v) is 9.57. The number of phenols is 1. The minimum Gasteiger partial charge on any atom is -0.504 e. The summed E-state index contributed by atoms with van der Waals surface area (Å²) in [6.07, 6.45) is 2.21. The van der Waals surface area contributed by atoms with E-state index in [1.165, 1.54) is 25.3 Å². The number of phenolic OH excluding ortho intramolecular Hbond substituents is 1. The van der Waals surface area contributed by atoms with Gasteiger partial charge in [-0.3, -0.25) is 0 Å². The maximum Gasteiger partial charge on any atom is 0.340 e. The van der Waals surface area contributed by atoms with Gasteiger partial charge in [0.05, 0.1) is 12.7 Å². The van der Waals surface area contributed by atoms with Crippen LogP contribution in [0.4, 0.5) is 0 Å². The third-order valence-electron chi connectivity index (χ3n) is 7.74. The van der Waals surface area contributed by atoms with E-state index in [2.05, 4.69) is 6.92 Å². The molecule has 5 aliphatic rings. The number of ether oxygens (including phenoxy) is 4. The molecule has 1 aromatic carbocycles. The molecule has 1 saturated carbocycles. The highest BCUT2D eigenvalue weighted by atomic mass is 17.3. The molecule has 170 valence electrons. The van der Waals surface area contributed by atoms with Gasteiger partial charge in [0.1, 0.15) is 0 Å². The standard InChI is InChI=1S/C23H30O8/c1-12-5-7-16-13(2)20(27-19(25)14-6-8-17(24)18(11-14)26-4)28-21-23(16)15(12)9-10-22(3,29-21)30-31-23/h6,8,11-13,15-16,20-21,24H,5,7,9-10H2,1-4H3/t12-,13-,15+,16+,20+,21-,22-,23-/m1/s1. The molecule has 8 heteroatoms. The lowest BCUT2D eigenvalue weighted by molar-refractivity contribution is -0.576. The molecule has 0 unspecified atom stereocenters. The fourth-order valence-corrected chi connectivity index (χ4v) is 5.98. The van der Waals surface area contributed by atoms with E-state index in [1.54, 1.807) is 0 Å². The van der Waals surface area contributed by atoms with Gasteiger partial charge in [-0.05, 0) is 56.2 Å². The molecular formula is C23H30O8. The molecule has 2 bridgehead atoms. The first-order chi connectivity index (χ1) is 14.8. The Kier molecular flexibility index (Phi) is 4.97. The molecule has 1 N–H and O–H groups in total. The zero-order chi connectivity index (χ0) is 22.0. The second kappa shape index (κ2) is 7.33. The molecule has 1 aliphatic carbocycles. The van der Waals surface area contributed by atoms with Crippen molar-refractivity contribution in [1.82, 2.24) is 0 Å². The van der Waals surface area contributed by atoms with Crippen molar-refractivity contribution in [2.24, 2.45) is 23.7 Å². The van der Waals surface area contributed by atoms with E-state index in [4.69, 9.17) is 28.7 Å². The van der Waals surface area contributed by atoms with Gasteiger partial charge in [0.2, 0.25) is 12.1 Å². The molecular weight excluding hydrogens is 404 g/mol. The van der Waals surface area contributed by atoms with Gasteiger partial charge in [0, 0.05) is 18.3 Å². The van der Waals surface area contributed by atoms with E-state index >= 15 is 0 Å². The van der Waals surface area contributed by atoms with Gasteiger partial charge in [0.15, 0.2) is 23.4 Å². The van der Waals surface area contributed by atoms with Crippen molar-refractivity contribution >= 4 is 5.97 Å². The van der Waals surface area contributed by atoms with Crippen molar-refractivity contribution in [3.05, 3.63) is 23.8 Å². The summed E-state index contributed by atoms with van der Waals surface area (Å²) in [6.45, 7) is 6.15. The van der Waals surface area contributed by atoms with E-state index in [9.17, 15) is 9.90 Å². The smallest absolute Gasteiger partial charge is 0.340 e. The number of fused-ring (bicyclic) bond motifs is 2. The number of carbonyl (C=O) groups excluding carboxylic acids is 1. The Morgan fingerprint density at radius 2 is 1.97 bits per heavy atom. The first kappa shape index (κ1) is 21.0. The third kappa shape index (κ3) is 3.15. The van der Waals surface area contributed by atoms with Crippen molar-refractivity contribution in [3.63, 3.8) is 0 Å². The predicted octanol–water partition coefficient (Wildman–Crippen LogP) is 3.77. The van der Waals surface area contributed by atoms with Crippen LogP contribution in [0.25, 0.3) is 0 Å². The van der Waals surface area contributed by atoms with E-state index in [0.29, 0.717) is 5.92 Å². The van der Waals surface area contributed by atoms with Crippen LogP contribution in [0.5, 0.6) is 11.5 Å². The van der Waals surface area contributed by atoms with Gasteiger partial charge >= 0.3 is 5.97 Å². The van der Waals surface area contributed by atoms with Crippen molar-refractivity contribution in [1.29, 1.82) is 0 Å². The lowest BCUT2D eigenvalue weighted by Crippen LogP contribution is -2.70. The summed E-state index contributed by atoms with van der Waals surface area (Å²) in [7, 11) is 1.43. The molecule has 8 nitrogen and oxygen atoms in total. The number of hydrogen-bond donors (Lipinski definition) is 1. The van der Waals surface area contributed by atoms with E-state index < -0.39 is 29.9 Å². The van der Waals surface area contributed by atoms with Gasteiger partial charge in [-0.1, -0.05) is 13.8 Å². The fourth-order valence-electron chi connectivity index (χ4n) is 5.98. The average Bonchev–Trinajstić information content (AvgIpc) is 2.98. The highest BCUT2D eigenvalue weighted by Crippen LogP contribution is 2.60. The summed E-state index contributed by atoms with van der Waals surface area (Å²) in [4.78, 5) is 24.8. The van der Waals surface area contributed by atoms with Crippen LogP contribution >= 0.6 is 0 Å². The number of benzene rings is 1. The van der Waals surface area contributed by atoms with Crippen LogP contribution in [0, 0.1) is 23.7 Å². The largest absolute Gasteiger partial charge is 0.504 e. The zero-order valence-corrected chi connectivity index (χ0v) is 18.3. The predicted molar refractivity (Wildman–Crippen MR) is 107 cm³/mol. The summed E-state index contributed by atoms with van der Waals surface area (Å²) in [5.41, 5.74) is -0.423. The minimum atomic E-state index is -0.878. The van der Waals surface area contributed by atoms with Crippen molar-refractivity contribution < 1.29 is 38.6 Å². The molecule has 0 aromatic heterocycles. The average molecular weight is 434 g/mol.